The quantitative estimate of drug-likeness (QED) is 0.510. The fourth-order valence-electron chi connectivity index (χ4n) is 4.02. The number of para-hydroxylation sites is 1. The van der Waals surface area contributed by atoms with Crippen LogP contribution in [0.15, 0.2) is 76.7 Å². The highest BCUT2D eigenvalue weighted by Gasteiger charge is 2.39. The van der Waals surface area contributed by atoms with Crippen LogP contribution in [0.25, 0.3) is 0 Å². The van der Waals surface area contributed by atoms with Gasteiger partial charge in [0.2, 0.25) is 0 Å². The summed E-state index contributed by atoms with van der Waals surface area (Å²) in [4.78, 5) is 0.224. The molecule has 0 saturated carbocycles. The van der Waals surface area contributed by atoms with Gasteiger partial charge in [-0.3, -0.25) is 0 Å². The van der Waals surface area contributed by atoms with Crippen LogP contribution in [0.1, 0.15) is 29.2 Å². The second-order valence-electron chi connectivity index (χ2n) is 7.62. The first-order chi connectivity index (χ1) is 15.9. The molecule has 3 aromatic carbocycles. The van der Waals surface area contributed by atoms with E-state index in [2.05, 4.69) is 5.10 Å². The number of hydrogen-bond acceptors (Lipinski definition) is 6. The van der Waals surface area contributed by atoms with E-state index in [1.54, 1.807) is 58.6 Å². The van der Waals surface area contributed by atoms with Crippen LogP contribution >= 0.6 is 0 Å². The number of rotatable bonds is 7. The largest absolute Gasteiger partial charge is 0.496 e. The Morgan fingerprint density at radius 1 is 0.848 bits per heavy atom. The zero-order chi connectivity index (χ0) is 23.6. The number of benzene rings is 3. The van der Waals surface area contributed by atoms with Gasteiger partial charge in [-0.2, -0.15) is 17.9 Å². The minimum Gasteiger partial charge on any atom is -0.496 e. The smallest absolute Gasteiger partial charge is 0.279 e. The maximum Gasteiger partial charge on any atom is 0.279 e. The lowest BCUT2D eigenvalue weighted by Gasteiger charge is -2.25. The van der Waals surface area contributed by atoms with Gasteiger partial charge in [0.25, 0.3) is 10.0 Å². The van der Waals surface area contributed by atoms with E-state index in [4.69, 9.17) is 14.2 Å². The highest BCUT2D eigenvalue weighted by atomic mass is 32.2. The van der Waals surface area contributed by atoms with E-state index in [0.29, 0.717) is 34.9 Å². The van der Waals surface area contributed by atoms with Gasteiger partial charge in [-0.25, -0.2) is 0 Å². The second kappa shape index (κ2) is 9.15. The Hall–Kier alpha value is -3.52. The molecule has 0 aromatic heterocycles. The van der Waals surface area contributed by atoms with Crippen molar-refractivity contribution in [1.29, 1.82) is 0 Å². The molecular formula is C25H26N2O5S. The van der Waals surface area contributed by atoms with Gasteiger partial charge >= 0.3 is 0 Å². The molecule has 3 aromatic rings. The first-order valence-electron chi connectivity index (χ1n) is 10.4. The number of hydrazone groups is 1. The average molecular weight is 467 g/mol. The molecule has 1 unspecified atom stereocenters. The molecule has 0 spiro atoms. The number of sulfonamides is 1. The molecule has 0 N–H and O–H groups in total. The van der Waals surface area contributed by atoms with Gasteiger partial charge in [0, 0.05) is 17.5 Å². The molecule has 0 radical (unpaired) electrons. The fraction of sp³-hybridized carbons (Fsp3) is 0.240. The number of ether oxygens (including phenoxy) is 3. The monoisotopic (exact) mass is 466 g/mol. The maximum absolute atomic E-state index is 13.8. The third-order valence-electron chi connectivity index (χ3n) is 5.71. The summed E-state index contributed by atoms with van der Waals surface area (Å²) in [5, 5.41) is 4.62. The molecule has 33 heavy (non-hydrogen) atoms. The summed E-state index contributed by atoms with van der Waals surface area (Å²) >= 11 is 0. The van der Waals surface area contributed by atoms with Crippen molar-refractivity contribution >= 4 is 15.7 Å². The second-order valence-corrected chi connectivity index (χ2v) is 9.39. The number of aryl methyl sites for hydroxylation is 1. The van der Waals surface area contributed by atoms with Crippen molar-refractivity contribution in [3.05, 3.63) is 83.4 Å². The maximum atomic E-state index is 13.8. The highest BCUT2D eigenvalue weighted by molar-refractivity contribution is 7.89. The van der Waals surface area contributed by atoms with Crippen molar-refractivity contribution < 1.29 is 22.6 Å². The van der Waals surface area contributed by atoms with E-state index < -0.39 is 16.1 Å². The average Bonchev–Trinajstić information content (AvgIpc) is 3.30. The van der Waals surface area contributed by atoms with Crippen LogP contribution in [-0.4, -0.2) is 39.9 Å². The van der Waals surface area contributed by atoms with Crippen molar-refractivity contribution in [1.82, 2.24) is 4.41 Å². The van der Waals surface area contributed by atoms with Crippen molar-refractivity contribution in [2.24, 2.45) is 5.10 Å². The topological polar surface area (TPSA) is 77.4 Å². The van der Waals surface area contributed by atoms with E-state index in [1.165, 1.54) is 4.41 Å². The lowest BCUT2D eigenvalue weighted by atomic mass is 9.98. The highest BCUT2D eigenvalue weighted by Crippen LogP contribution is 2.41. The summed E-state index contributed by atoms with van der Waals surface area (Å²) in [7, 11) is 0.775. The first kappa shape index (κ1) is 22.7. The van der Waals surface area contributed by atoms with Crippen LogP contribution < -0.4 is 14.2 Å². The molecule has 4 rings (SSSR count). The Bertz CT molecular complexity index is 1300. The Kier molecular flexibility index (Phi) is 6.29. The zero-order valence-electron chi connectivity index (χ0n) is 19.0. The Morgan fingerprint density at radius 2 is 1.52 bits per heavy atom. The number of nitrogens with zero attached hydrogens (tertiary/aromatic N) is 2. The zero-order valence-corrected chi connectivity index (χ0v) is 19.8. The van der Waals surface area contributed by atoms with E-state index in [9.17, 15) is 8.42 Å². The van der Waals surface area contributed by atoms with E-state index in [-0.39, 0.29) is 4.90 Å². The van der Waals surface area contributed by atoms with E-state index in [0.717, 1.165) is 11.1 Å². The number of methoxy groups -OCH3 is 3. The predicted molar refractivity (Wildman–Crippen MR) is 127 cm³/mol. The van der Waals surface area contributed by atoms with Crippen molar-refractivity contribution in [2.75, 3.05) is 21.3 Å². The van der Waals surface area contributed by atoms with Gasteiger partial charge in [-0.05, 0) is 42.8 Å². The summed E-state index contributed by atoms with van der Waals surface area (Å²) in [5.74, 6) is 1.74. The molecule has 7 nitrogen and oxygen atoms in total. The summed E-state index contributed by atoms with van der Waals surface area (Å²) in [6.45, 7) is 1.78. The molecule has 0 amide bonds. The van der Waals surface area contributed by atoms with Gasteiger partial charge < -0.3 is 14.2 Å². The fourth-order valence-corrected chi connectivity index (χ4v) is 5.68. The van der Waals surface area contributed by atoms with Gasteiger partial charge in [-0.15, -0.1) is 0 Å². The van der Waals surface area contributed by atoms with Crippen LogP contribution in [0, 0.1) is 6.92 Å². The van der Waals surface area contributed by atoms with Gasteiger partial charge in [0.1, 0.15) is 5.75 Å². The lowest BCUT2D eigenvalue weighted by Crippen LogP contribution is -2.28. The van der Waals surface area contributed by atoms with Crippen LogP contribution in [0.4, 0.5) is 0 Å². The molecule has 8 heteroatoms. The Balaban J connectivity index is 1.86. The van der Waals surface area contributed by atoms with Crippen LogP contribution in [-0.2, 0) is 10.0 Å². The Labute approximate surface area is 194 Å². The van der Waals surface area contributed by atoms with E-state index in [1.807, 2.05) is 36.4 Å². The summed E-state index contributed by atoms with van der Waals surface area (Å²) < 4.78 is 45.1. The summed E-state index contributed by atoms with van der Waals surface area (Å²) in [6.07, 6.45) is 0.376. The first-order valence-corrected chi connectivity index (χ1v) is 11.9. The van der Waals surface area contributed by atoms with Crippen LogP contribution in [0.5, 0.6) is 17.2 Å². The molecule has 1 atom stereocenters. The van der Waals surface area contributed by atoms with Gasteiger partial charge in [-0.1, -0.05) is 36.4 Å². The molecule has 1 heterocycles. The molecule has 0 bridgehead atoms. The SMILES string of the molecule is COc1ccc(C2=NN(S(=O)(=O)c3ccccc3C)C(c3ccccc3OC)C2)cc1OC. The molecular weight excluding hydrogens is 440 g/mol. The molecule has 1 aliphatic rings. The number of hydrogen-bond donors (Lipinski definition) is 0. The minimum atomic E-state index is -3.93. The lowest BCUT2D eigenvalue weighted by molar-refractivity contribution is 0.350. The molecule has 0 aliphatic carbocycles. The van der Waals surface area contributed by atoms with Gasteiger partial charge in [0.15, 0.2) is 11.5 Å². The van der Waals surface area contributed by atoms with Crippen molar-refractivity contribution in [3.63, 3.8) is 0 Å². The standard InChI is InChI=1S/C25H26N2O5S/c1-17-9-5-8-12-25(17)33(28,29)27-21(19-10-6-7-11-22(19)30-2)16-20(26-27)18-13-14-23(31-3)24(15-18)32-4/h5-15,21H,16H2,1-4H3. The van der Waals surface area contributed by atoms with E-state index >= 15 is 0 Å². The Morgan fingerprint density at radius 3 is 2.21 bits per heavy atom. The minimum absolute atomic E-state index is 0.224. The molecule has 0 fully saturated rings. The predicted octanol–water partition coefficient (Wildman–Crippen LogP) is 4.56. The van der Waals surface area contributed by atoms with Crippen molar-refractivity contribution in [2.45, 2.75) is 24.3 Å². The third-order valence-corrected chi connectivity index (χ3v) is 7.55. The van der Waals surface area contributed by atoms with Gasteiger partial charge in [0.05, 0.1) is 38.0 Å². The molecule has 172 valence electrons. The molecule has 1 aliphatic heterocycles. The third kappa shape index (κ3) is 4.14. The normalized spacial score (nSPS) is 15.8. The molecule has 0 saturated heterocycles. The summed E-state index contributed by atoms with van der Waals surface area (Å²) in [5.41, 5.74) is 2.79. The summed E-state index contributed by atoms with van der Waals surface area (Å²) in [6, 6.07) is 19.2. The van der Waals surface area contributed by atoms with Crippen LogP contribution in [0.2, 0.25) is 0 Å². The van der Waals surface area contributed by atoms with Crippen molar-refractivity contribution in [3.8, 4) is 17.2 Å². The van der Waals surface area contributed by atoms with Crippen LogP contribution in [0.3, 0.4) is 0 Å².